The van der Waals surface area contributed by atoms with Crippen molar-refractivity contribution in [1.82, 2.24) is 15.2 Å². The van der Waals surface area contributed by atoms with E-state index < -0.39 is 18.0 Å². The minimum absolute atomic E-state index is 0.165. The van der Waals surface area contributed by atoms with Gasteiger partial charge in [0.2, 0.25) is 0 Å². The topological polar surface area (TPSA) is 97.0 Å². The summed E-state index contributed by atoms with van der Waals surface area (Å²) in [5, 5.41) is 11.7. The van der Waals surface area contributed by atoms with Crippen LogP contribution in [0.3, 0.4) is 0 Å². The molecule has 2 aromatic heterocycles. The summed E-state index contributed by atoms with van der Waals surface area (Å²) in [5.74, 6) is -1.08. The number of aromatic amines is 1. The first-order valence-corrected chi connectivity index (χ1v) is 9.52. The van der Waals surface area contributed by atoms with Crippen molar-refractivity contribution in [2.45, 2.75) is 32.8 Å². The van der Waals surface area contributed by atoms with Crippen molar-refractivity contribution in [3.8, 4) is 11.3 Å². The molecule has 2 N–H and O–H groups in total. The van der Waals surface area contributed by atoms with E-state index in [0.717, 1.165) is 29.8 Å². The molecule has 0 fully saturated rings. The number of amides is 1. The molecule has 0 saturated heterocycles. The summed E-state index contributed by atoms with van der Waals surface area (Å²) in [7, 11) is 0. The maximum atomic E-state index is 12.3. The number of carbonyl (C=O) groups is 2. The molecule has 1 atom stereocenters. The number of ether oxygens (including phenoxy) is 1. The first-order chi connectivity index (χ1) is 13.1. The predicted molar refractivity (Wildman–Crippen MR) is 104 cm³/mol. The quantitative estimate of drug-likeness (QED) is 0.606. The van der Waals surface area contributed by atoms with Crippen molar-refractivity contribution >= 4 is 28.3 Å². The number of H-pyrrole nitrogens is 1. The minimum Gasteiger partial charge on any atom is -0.448 e. The highest BCUT2D eigenvalue weighted by atomic mass is 32.1. The zero-order chi connectivity index (χ0) is 19.2. The summed E-state index contributed by atoms with van der Waals surface area (Å²) in [5.41, 5.74) is 2.77. The number of hydrogen-bond acceptors (Lipinski definition) is 6. The van der Waals surface area contributed by atoms with Crippen LogP contribution >= 0.6 is 11.3 Å². The van der Waals surface area contributed by atoms with E-state index in [0.29, 0.717) is 5.13 Å². The third kappa shape index (κ3) is 4.79. The molecule has 0 aliphatic carbocycles. The van der Waals surface area contributed by atoms with E-state index in [-0.39, 0.29) is 5.69 Å². The smallest absolute Gasteiger partial charge is 0.359 e. The van der Waals surface area contributed by atoms with E-state index in [9.17, 15) is 9.59 Å². The molecule has 8 heteroatoms. The van der Waals surface area contributed by atoms with Crippen molar-refractivity contribution in [1.29, 1.82) is 0 Å². The van der Waals surface area contributed by atoms with E-state index in [1.807, 2.05) is 42.6 Å². The summed E-state index contributed by atoms with van der Waals surface area (Å²) < 4.78 is 5.20. The molecule has 1 unspecified atom stereocenters. The van der Waals surface area contributed by atoms with Crippen LogP contribution in [0, 0.1) is 0 Å². The van der Waals surface area contributed by atoms with Gasteiger partial charge in [0, 0.05) is 16.6 Å². The maximum absolute atomic E-state index is 12.3. The Kier molecular flexibility index (Phi) is 5.97. The number of aryl methyl sites for hydroxylation is 1. The van der Waals surface area contributed by atoms with Crippen LogP contribution in [-0.2, 0) is 16.0 Å². The average molecular weight is 384 g/mol. The molecule has 0 aliphatic heterocycles. The highest BCUT2D eigenvalue weighted by Gasteiger charge is 2.21. The largest absolute Gasteiger partial charge is 0.448 e. The Morgan fingerprint density at radius 3 is 2.81 bits per heavy atom. The number of benzene rings is 1. The fourth-order valence-electron chi connectivity index (χ4n) is 2.42. The molecule has 27 heavy (non-hydrogen) atoms. The average Bonchev–Trinajstić information content (AvgIpc) is 3.32. The molecule has 0 spiro atoms. The zero-order valence-corrected chi connectivity index (χ0v) is 15.9. The van der Waals surface area contributed by atoms with Crippen molar-refractivity contribution in [3.05, 3.63) is 53.2 Å². The Hall–Kier alpha value is -3.00. The molecular formula is C19H20N4O3S. The van der Waals surface area contributed by atoms with Gasteiger partial charge in [-0.2, -0.15) is 5.10 Å². The van der Waals surface area contributed by atoms with Gasteiger partial charge in [0.15, 0.2) is 16.9 Å². The number of nitrogens with zero attached hydrogens (tertiary/aromatic N) is 2. The second kappa shape index (κ2) is 8.59. The van der Waals surface area contributed by atoms with Crippen LogP contribution in [0.2, 0.25) is 0 Å². The lowest BCUT2D eigenvalue weighted by Crippen LogP contribution is -2.30. The van der Waals surface area contributed by atoms with E-state index in [1.54, 1.807) is 6.07 Å². The normalized spacial score (nSPS) is 11.8. The van der Waals surface area contributed by atoms with E-state index in [1.165, 1.54) is 18.3 Å². The predicted octanol–water partition coefficient (Wildman–Crippen LogP) is 3.67. The summed E-state index contributed by atoms with van der Waals surface area (Å²) in [6.07, 6.45) is 0.770. The van der Waals surface area contributed by atoms with Crippen LogP contribution in [-0.4, -0.2) is 33.2 Å². The Bertz CT molecular complexity index is 920. The minimum atomic E-state index is -0.965. The summed E-state index contributed by atoms with van der Waals surface area (Å²) in [6, 6.07) is 11.3. The molecule has 0 aliphatic rings. The van der Waals surface area contributed by atoms with Gasteiger partial charge in [-0.15, -0.1) is 11.3 Å². The SMILES string of the molecule is CCCc1cc(C(=O)OC(C)C(=O)Nc2nc(-c3ccccc3)cs2)n[nH]1. The number of aromatic nitrogens is 3. The number of carbonyl (C=O) groups excluding carboxylic acids is 2. The van der Waals surface area contributed by atoms with Gasteiger partial charge in [-0.05, 0) is 19.4 Å². The summed E-state index contributed by atoms with van der Waals surface area (Å²) >= 11 is 1.31. The fourth-order valence-corrected chi connectivity index (χ4v) is 3.14. The van der Waals surface area contributed by atoms with E-state index in [4.69, 9.17) is 4.74 Å². The monoisotopic (exact) mass is 384 g/mol. The number of esters is 1. The maximum Gasteiger partial charge on any atom is 0.359 e. The van der Waals surface area contributed by atoms with Crippen LogP contribution < -0.4 is 5.32 Å². The molecule has 1 aromatic carbocycles. The van der Waals surface area contributed by atoms with Gasteiger partial charge in [-0.25, -0.2) is 9.78 Å². The van der Waals surface area contributed by atoms with Crippen LogP contribution in [0.25, 0.3) is 11.3 Å². The molecule has 3 rings (SSSR count). The summed E-state index contributed by atoms with van der Waals surface area (Å²) in [4.78, 5) is 28.8. The third-order valence-corrected chi connectivity index (χ3v) is 4.57. The number of anilines is 1. The molecule has 1 amide bonds. The van der Waals surface area contributed by atoms with Crippen LogP contribution in [0.5, 0.6) is 0 Å². The van der Waals surface area contributed by atoms with Crippen molar-refractivity contribution in [3.63, 3.8) is 0 Å². The standard InChI is InChI=1S/C19H20N4O3S/c1-3-7-14-10-15(23-22-14)18(25)26-12(2)17(24)21-19-20-16(11-27-19)13-8-5-4-6-9-13/h4-6,8-12H,3,7H2,1-2H3,(H,22,23)(H,20,21,24). The lowest BCUT2D eigenvalue weighted by Gasteiger charge is -2.11. The van der Waals surface area contributed by atoms with Gasteiger partial charge in [0.25, 0.3) is 5.91 Å². The molecular weight excluding hydrogens is 364 g/mol. The van der Waals surface area contributed by atoms with Gasteiger partial charge < -0.3 is 4.74 Å². The molecule has 7 nitrogen and oxygen atoms in total. The number of rotatable bonds is 7. The van der Waals surface area contributed by atoms with Gasteiger partial charge >= 0.3 is 5.97 Å². The van der Waals surface area contributed by atoms with E-state index in [2.05, 4.69) is 20.5 Å². The fraction of sp³-hybridized carbons (Fsp3) is 0.263. The van der Waals surface area contributed by atoms with Crippen molar-refractivity contribution in [2.75, 3.05) is 5.32 Å². The lowest BCUT2D eigenvalue weighted by atomic mass is 10.2. The second-order valence-electron chi connectivity index (χ2n) is 5.97. The van der Waals surface area contributed by atoms with Gasteiger partial charge in [-0.1, -0.05) is 43.7 Å². The highest BCUT2D eigenvalue weighted by Crippen LogP contribution is 2.24. The van der Waals surface area contributed by atoms with Gasteiger partial charge in [0.1, 0.15) is 0 Å². The molecule has 2 heterocycles. The molecule has 3 aromatic rings. The van der Waals surface area contributed by atoms with Crippen molar-refractivity contribution < 1.29 is 14.3 Å². The number of nitrogens with one attached hydrogen (secondary N) is 2. The van der Waals surface area contributed by atoms with Gasteiger partial charge in [0.05, 0.1) is 5.69 Å². The van der Waals surface area contributed by atoms with Crippen LogP contribution in [0.15, 0.2) is 41.8 Å². The van der Waals surface area contributed by atoms with E-state index >= 15 is 0 Å². The van der Waals surface area contributed by atoms with Gasteiger partial charge in [-0.3, -0.25) is 15.2 Å². The summed E-state index contributed by atoms with van der Waals surface area (Å²) in [6.45, 7) is 3.55. The Morgan fingerprint density at radius 1 is 1.30 bits per heavy atom. The molecule has 0 bridgehead atoms. The Balaban J connectivity index is 1.57. The van der Waals surface area contributed by atoms with Crippen LogP contribution in [0.4, 0.5) is 5.13 Å². The molecule has 140 valence electrons. The Morgan fingerprint density at radius 2 is 2.07 bits per heavy atom. The molecule has 0 radical (unpaired) electrons. The first-order valence-electron chi connectivity index (χ1n) is 8.64. The van der Waals surface area contributed by atoms with Crippen LogP contribution in [0.1, 0.15) is 36.5 Å². The number of hydrogen-bond donors (Lipinski definition) is 2. The molecule has 0 saturated carbocycles. The zero-order valence-electron chi connectivity index (χ0n) is 15.1. The highest BCUT2D eigenvalue weighted by molar-refractivity contribution is 7.14. The second-order valence-corrected chi connectivity index (χ2v) is 6.83. The third-order valence-electron chi connectivity index (χ3n) is 3.82. The van der Waals surface area contributed by atoms with Crippen molar-refractivity contribution in [2.24, 2.45) is 0 Å². The first kappa shape index (κ1) is 18.8. The lowest BCUT2D eigenvalue weighted by molar-refractivity contribution is -0.123. The Labute approximate surface area is 160 Å². The number of thiazole rings is 1.